The van der Waals surface area contributed by atoms with Gasteiger partial charge in [0.2, 0.25) is 5.75 Å². The van der Waals surface area contributed by atoms with Crippen LogP contribution in [0.1, 0.15) is 31.2 Å². The van der Waals surface area contributed by atoms with Crippen LogP contribution in [0.4, 0.5) is 0 Å². The summed E-state index contributed by atoms with van der Waals surface area (Å²) >= 11 is 0. The molecule has 0 saturated carbocycles. The molecule has 1 aromatic carbocycles. The van der Waals surface area contributed by atoms with E-state index >= 15 is 0 Å². The largest absolute Gasteiger partial charge is 0.493 e. The predicted molar refractivity (Wildman–Crippen MR) is 83.8 cm³/mol. The Hall–Kier alpha value is -1.46. The SMILES string of the molecule is COc1cc(C2(O)CC3CCC(C2)N3C)cc(OC)c1OC. The van der Waals surface area contributed by atoms with E-state index in [4.69, 9.17) is 14.2 Å². The van der Waals surface area contributed by atoms with Gasteiger partial charge in [0.05, 0.1) is 26.9 Å². The summed E-state index contributed by atoms with van der Waals surface area (Å²) in [5.41, 5.74) is 0.0255. The zero-order valence-electron chi connectivity index (χ0n) is 13.8. The molecule has 2 heterocycles. The molecule has 0 spiro atoms. The van der Waals surface area contributed by atoms with E-state index in [0.29, 0.717) is 29.3 Å². The Balaban J connectivity index is 2.01. The van der Waals surface area contributed by atoms with Crippen molar-refractivity contribution in [1.29, 1.82) is 0 Å². The van der Waals surface area contributed by atoms with Gasteiger partial charge in [-0.1, -0.05) is 0 Å². The second-order valence-corrected chi connectivity index (χ2v) is 6.40. The monoisotopic (exact) mass is 307 g/mol. The summed E-state index contributed by atoms with van der Waals surface area (Å²) in [6.45, 7) is 0. The first-order valence-corrected chi connectivity index (χ1v) is 7.77. The zero-order chi connectivity index (χ0) is 15.9. The van der Waals surface area contributed by atoms with Crippen LogP contribution in [0, 0.1) is 0 Å². The summed E-state index contributed by atoms with van der Waals surface area (Å²) in [5.74, 6) is 1.75. The Morgan fingerprint density at radius 3 is 1.91 bits per heavy atom. The molecule has 3 rings (SSSR count). The Labute approximate surface area is 131 Å². The number of benzene rings is 1. The van der Waals surface area contributed by atoms with E-state index in [1.54, 1.807) is 21.3 Å². The van der Waals surface area contributed by atoms with Gasteiger partial charge in [0.15, 0.2) is 11.5 Å². The Kier molecular flexibility index (Phi) is 3.95. The third-order valence-electron chi connectivity index (χ3n) is 5.33. The third-order valence-corrected chi connectivity index (χ3v) is 5.33. The van der Waals surface area contributed by atoms with Gasteiger partial charge < -0.3 is 24.2 Å². The van der Waals surface area contributed by atoms with Crippen molar-refractivity contribution in [3.63, 3.8) is 0 Å². The molecular weight excluding hydrogens is 282 g/mol. The molecule has 5 nitrogen and oxygen atoms in total. The number of fused-ring (bicyclic) bond motifs is 2. The molecule has 0 aliphatic carbocycles. The fourth-order valence-electron chi connectivity index (χ4n) is 4.03. The van der Waals surface area contributed by atoms with Crippen LogP contribution < -0.4 is 14.2 Å². The number of nitrogens with zero attached hydrogens (tertiary/aromatic N) is 1. The number of methoxy groups -OCH3 is 3. The molecule has 0 amide bonds. The van der Waals surface area contributed by atoms with Gasteiger partial charge in [-0.05, 0) is 50.4 Å². The molecule has 2 atom stereocenters. The van der Waals surface area contributed by atoms with Gasteiger partial charge in [0.25, 0.3) is 0 Å². The first-order valence-electron chi connectivity index (χ1n) is 7.77. The average Bonchev–Trinajstić information content (AvgIpc) is 2.75. The topological polar surface area (TPSA) is 51.2 Å². The minimum Gasteiger partial charge on any atom is -0.493 e. The lowest BCUT2D eigenvalue weighted by Gasteiger charge is -2.42. The van der Waals surface area contributed by atoms with Gasteiger partial charge in [-0.3, -0.25) is 0 Å². The van der Waals surface area contributed by atoms with Crippen LogP contribution >= 0.6 is 0 Å². The molecule has 1 aromatic rings. The quantitative estimate of drug-likeness (QED) is 0.924. The molecule has 2 aliphatic rings. The smallest absolute Gasteiger partial charge is 0.203 e. The fourth-order valence-corrected chi connectivity index (χ4v) is 4.03. The number of hydrogen-bond acceptors (Lipinski definition) is 5. The maximum absolute atomic E-state index is 11.3. The highest BCUT2D eigenvalue weighted by Gasteiger charge is 2.47. The summed E-state index contributed by atoms with van der Waals surface area (Å²) < 4.78 is 16.2. The van der Waals surface area contributed by atoms with Crippen molar-refractivity contribution in [2.24, 2.45) is 0 Å². The Bertz CT molecular complexity index is 521. The molecule has 0 radical (unpaired) electrons. The fraction of sp³-hybridized carbons (Fsp3) is 0.647. The zero-order valence-corrected chi connectivity index (χ0v) is 13.8. The van der Waals surface area contributed by atoms with Crippen LogP contribution in [0.25, 0.3) is 0 Å². The number of aliphatic hydroxyl groups is 1. The molecule has 22 heavy (non-hydrogen) atoms. The number of piperidine rings is 1. The standard InChI is InChI=1S/C17H25NO4/c1-18-12-5-6-13(18)10-17(19,9-12)11-7-14(20-2)16(22-4)15(8-11)21-3/h7-8,12-13,19H,5-6,9-10H2,1-4H3. The molecule has 2 aliphatic heterocycles. The van der Waals surface area contributed by atoms with Crippen LogP contribution in [-0.2, 0) is 5.60 Å². The normalized spacial score (nSPS) is 31.1. The maximum atomic E-state index is 11.3. The van der Waals surface area contributed by atoms with Crippen molar-refractivity contribution in [2.75, 3.05) is 28.4 Å². The summed E-state index contributed by atoms with van der Waals surface area (Å²) in [7, 11) is 6.95. The van der Waals surface area contributed by atoms with Crippen LogP contribution in [-0.4, -0.2) is 50.5 Å². The number of rotatable bonds is 4. The van der Waals surface area contributed by atoms with Crippen LogP contribution in [0.3, 0.4) is 0 Å². The van der Waals surface area contributed by atoms with Gasteiger partial charge in [0.1, 0.15) is 0 Å². The molecule has 5 heteroatoms. The highest BCUT2D eigenvalue weighted by atomic mass is 16.5. The predicted octanol–water partition coefficient (Wildman–Crippen LogP) is 2.16. The summed E-state index contributed by atoms with van der Waals surface area (Å²) in [6, 6.07) is 4.66. The van der Waals surface area contributed by atoms with Crippen molar-refractivity contribution in [3.05, 3.63) is 17.7 Å². The lowest BCUT2D eigenvalue weighted by atomic mass is 9.80. The number of hydrogen-bond donors (Lipinski definition) is 1. The van der Waals surface area contributed by atoms with Crippen LogP contribution in [0.2, 0.25) is 0 Å². The highest BCUT2D eigenvalue weighted by Crippen LogP contribution is 2.48. The summed E-state index contributed by atoms with van der Waals surface area (Å²) in [5, 5.41) is 11.3. The summed E-state index contributed by atoms with van der Waals surface area (Å²) in [4.78, 5) is 2.41. The first kappa shape index (κ1) is 15.4. The highest BCUT2D eigenvalue weighted by molar-refractivity contribution is 5.55. The maximum Gasteiger partial charge on any atom is 0.203 e. The molecule has 2 bridgehead atoms. The average molecular weight is 307 g/mol. The second kappa shape index (κ2) is 5.63. The van der Waals surface area contributed by atoms with E-state index < -0.39 is 5.60 Å². The van der Waals surface area contributed by atoms with Gasteiger partial charge in [-0.25, -0.2) is 0 Å². The van der Waals surface area contributed by atoms with E-state index in [9.17, 15) is 5.11 Å². The van der Waals surface area contributed by atoms with Crippen molar-refractivity contribution in [1.82, 2.24) is 4.90 Å². The van der Waals surface area contributed by atoms with Gasteiger partial charge in [-0.15, -0.1) is 0 Å². The third kappa shape index (κ3) is 2.32. The Morgan fingerprint density at radius 2 is 1.50 bits per heavy atom. The summed E-state index contributed by atoms with van der Waals surface area (Å²) in [6.07, 6.45) is 3.82. The molecule has 2 fully saturated rings. The molecule has 1 N–H and O–H groups in total. The minimum atomic E-state index is -0.828. The number of ether oxygens (including phenoxy) is 3. The van der Waals surface area contributed by atoms with Crippen LogP contribution in [0.5, 0.6) is 17.2 Å². The lowest BCUT2D eigenvalue weighted by molar-refractivity contribution is -0.0495. The molecule has 122 valence electrons. The van der Waals surface area contributed by atoms with Crippen molar-refractivity contribution >= 4 is 0 Å². The molecule has 2 unspecified atom stereocenters. The van der Waals surface area contributed by atoms with Crippen molar-refractivity contribution < 1.29 is 19.3 Å². The van der Waals surface area contributed by atoms with E-state index in [1.807, 2.05) is 12.1 Å². The van der Waals surface area contributed by atoms with Gasteiger partial charge in [0, 0.05) is 12.1 Å². The lowest BCUT2D eigenvalue weighted by Crippen LogP contribution is -2.47. The molecule has 2 saturated heterocycles. The first-order chi connectivity index (χ1) is 10.5. The van der Waals surface area contributed by atoms with Gasteiger partial charge in [-0.2, -0.15) is 0 Å². The van der Waals surface area contributed by atoms with Crippen molar-refractivity contribution in [3.8, 4) is 17.2 Å². The van der Waals surface area contributed by atoms with Crippen LogP contribution in [0.15, 0.2) is 12.1 Å². The van der Waals surface area contributed by atoms with E-state index in [1.165, 1.54) is 0 Å². The van der Waals surface area contributed by atoms with Crippen molar-refractivity contribution in [2.45, 2.75) is 43.4 Å². The van der Waals surface area contributed by atoms with Gasteiger partial charge >= 0.3 is 0 Å². The Morgan fingerprint density at radius 1 is 1.00 bits per heavy atom. The van der Waals surface area contributed by atoms with E-state index in [0.717, 1.165) is 31.2 Å². The minimum absolute atomic E-state index is 0.447. The van der Waals surface area contributed by atoms with E-state index in [2.05, 4.69) is 11.9 Å². The molecular formula is C17H25NO4. The van der Waals surface area contributed by atoms with E-state index in [-0.39, 0.29) is 0 Å². The molecule has 0 aromatic heterocycles. The second-order valence-electron chi connectivity index (χ2n) is 6.40.